The Morgan fingerprint density at radius 1 is 0.857 bits per heavy atom. The van der Waals surface area contributed by atoms with Crippen LogP contribution in [0.4, 0.5) is 0 Å². The first-order valence-corrected chi connectivity index (χ1v) is 10.6. The smallest absolute Gasteiger partial charge is 0.343 e. The fourth-order valence-corrected chi connectivity index (χ4v) is 2.92. The van der Waals surface area contributed by atoms with E-state index >= 15 is 0 Å². The minimum absolute atomic E-state index is 0.250. The van der Waals surface area contributed by atoms with E-state index in [-0.39, 0.29) is 12.3 Å². The van der Waals surface area contributed by atoms with Gasteiger partial charge in [0.1, 0.15) is 5.75 Å². The lowest BCUT2D eigenvalue weighted by atomic mass is 10.1. The van der Waals surface area contributed by atoms with Gasteiger partial charge in [-0.15, -0.1) is 0 Å². The van der Waals surface area contributed by atoms with Gasteiger partial charge < -0.3 is 19.5 Å². The van der Waals surface area contributed by atoms with E-state index in [9.17, 15) is 14.4 Å². The number of rotatable bonds is 9. The van der Waals surface area contributed by atoms with Crippen LogP contribution >= 0.6 is 0 Å². The number of ether oxygens (including phenoxy) is 3. The molecule has 0 saturated heterocycles. The molecule has 2 N–H and O–H groups in total. The highest BCUT2D eigenvalue weighted by Crippen LogP contribution is 2.28. The number of aryl methyl sites for hydroxylation is 1. The van der Waals surface area contributed by atoms with Crippen molar-refractivity contribution in [1.29, 1.82) is 0 Å². The highest BCUT2D eigenvalue weighted by atomic mass is 16.6. The van der Waals surface area contributed by atoms with Crippen molar-refractivity contribution in [2.75, 3.05) is 20.8 Å². The maximum Gasteiger partial charge on any atom is 0.343 e. The fourth-order valence-electron chi connectivity index (χ4n) is 2.92. The molecule has 2 amide bonds. The van der Waals surface area contributed by atoms with Gasteiger partial charge >= 0.3 is 5.97 Å². The summed E-state index contributed by atoms with van der Waals surface area (Å²) in [6, 6.07) is 18.4. The number of carbonyl (C=O) groups excluding carboxylic acids is 3. The van der Waals surface area contributed by atoms with Crippen LogP contribution in [0.2, 0.25) is 0 Å². The average Bonchev–Trinajstić information content (AvgIpc) is 2.88. The minimum Gasteiger partial charge on any atom is -0.497 e. The van der Waals surface area contributed by atoms with E-state index < -0.39 is 17.8 Å². The molecule has 0 bridgehead atoms. The number of esters is 1. The van der Waals surface area contributed by atoms with Crippen LogP contribution in [0.15, 0.2) is 71.8 Å². The Morgan fingerprint density at radius 3 is 2.20 bits per heavy atom. The Labute approximate surface area is 202 Å². The first kappa shape index (κ1) is 25.0. The molecule has 180 valence electrons. The quantitative estimate of drug-likeness (QED) is 0.213. The lowest BCUT2D eigenvalue weighted by Crippen LogP contribution is -2.34. The Bertz CT molecular complexity index is 1220. The predicted molar refractivity (Wildman–Crippen MR) is 130 cm³/mol. The molecule has 0 saturated carbocycles. The molecule has 0 aliphatic heterocycles. The summed E-state index contributed by atoms with van der Waals surface area (Å²) in [7, 11) is 2.98. The lowest BCUT2D eigenvalue weighted by Gasteiger charge is -2.10. The van der Waals surface area contributed by atoms with E-state index in [0.717, 1.165) is 5.56 Å². The zero-order valence-electron chi connectivity index (χ0n) is 19.5. The SMILES string of the molecule is COc1ccc(C(=O)NCC(=O)N/N=C\c2ccc(OC(=O)c3ccc(C)cc3)c(OC)c2)cc1. The van der Waals surface area contributed by atoms with Gasteiger partial charge in [-0.1, -0.05) is 17.7 Å². The number of hydrazone groups is 1. The maximum absolute atomic E-state index is 12.4. The molecule has 0 aliphatic rings. The van der Waals surface area contributed by atoms with E-state index in [1.165, 1.54) is 20.4 Å². The van der Waals surface area contributed by atoms with Gasteiger partial charge in [-0.3, -0.25) is 9.59 Å². The zero-order chi connectivity index (χ0) is 25.2. The van der Waals surface area contributed by atoms with Crippen molar-refractivity contribution in [3.05, 3.63) is 89.0 Å². The van der Waals surface area contributed by atoms with Crippen LogP contribution in [0.3, 0.4) is 0 Å². The van der Waals surface area contributed by atoms with Crippen molar-refractivity contribution < 1.29 is 28.6 Å². The number of hydrogen-bond acceptors (Lipinski definition) is 7. The molecule has 3 aromatic carbocycles. The first-order chi connectivity index (χ1) is 16.9. The van der Waals surface area contributed by atoms with Gasteiger partial charge in [0.05, 0.1) is 32.5 Å². The third-order valence-electron chi connectivity index (χ3n) is 4.84. The largest absolute Gasteiger partial charge is 0.497 e. The van der Waals surface area contributed by atoms with E-state index in [2.05, 4.69) is 15.8 Å². The number of hydrogen-bond donors (Lipinski definition) is 2. The molecule has 0 fully saturated rings. The van der Waals surface area contributed by atoms with Gasteiger partial charge in [0.2, 0.25) is 0 Å². The molecule has 0 spiro atoms. The average molecular weight is 476 g/mol. The van der Waals surface area contributed by atoms with Gasteiger partial charge in [0.15, 0.2) is 11.5 Å². The number of nitrogens with zero attached hydrogens (tertiary/aromatic N) is 1. The van der Waals surface area contributed by atoms with Gasteiger partial charge in [-0.25, -0.2) is 10.2 Å². The monoisotopic (exact) mass is 475 g/mol. The summed E-state index contributed by atoms with van der Waals surface area (Å²) >= 11 is 0. The second kappa shape index (κ2) is 12.0. The summed E-state index contributed by atoms with van der Waals surface area (Å²) in [5.41, 5.74) is 4.79. The molecule has 0 aliphatic carbocycles. The maximum atomic E-state index is 12.4. The number of benzene rings is 3. The molecule has 0 radical (unpaired) electrons. The third kappa shape index (κ3) is 7.16. The van der Waals surface area contributed by atoms with Gasteiger partial charge in [-0.05, 0) is 67.1 Å². The molecule has 9 heteroatoms. The first-order valence-electron chi connectivity index (χ1n) is 10.6. The molecule has 0 unspecified atom stereocenters. The summed E-state index contributed by atoms with van der Waals surface area (Å²) in [5, 5.41) is 6.39. The minimum atomic E-state index is -0.506. The van der Waals surface area contributed by atoms with Crippen molar-refractivity contribution in [3.63, 3.8) is 0 Å². The van der Waals surface area contributed by atoms with E-state index in [0.29, 0.717) is 28.2 Å². The van der Waals surface area contributed by atoms with Gasteiger partial charge in [-0.2, -0.15) is 5.10 Å². The molecule has 35 heavy (non-hydrogen) atoms. The van der Waals surface area contributed by atoms with Crippen LogP contribution in [0.5, 0.6) is 17.2 Å². The second-order valence-electron chi connectivity index (χ2n) is 7.37. The molecule has 3 aromatic rings. The van der Waals surface area contributed by atoms with Crippen LogP contribution in [-0.4, -0.2) is 44.8 Å². The molecule has 0 atom stereocenters. The van der Waals surface area contributed by atoms with Crippen molar-refractivity contribution in [2.24, 2.45) is 5.10 Å². The summed E-state index contributed by atoms with van der Waals surface area (Å²) in [6.07, 6.45) is 1.40. The summed E-state index contributed by atoms with van der Waals surface area (Å²) in [5.74, 6) is -0.199. The van der Waals surface area contributed by atoms with Crippen LogP contribution in [0.1, 0.15) is 31.8 Å². The molecular formula is C26H25N3O6. The number of nitrogens with one attached hydrogen (secondary N) is 2. The van der Waals surface area contributed by atoms with Crippen LogP contribution < -0.4 is 25.0 Å². The Morgan fingerprint density at radius 2 is 1.54 bits per heavy atom. The van der Waals surface area contributed by atoms with Crippen LogP contribution in [0.25, 0.3) is 0 Å². The van der Waals surface area contributed by atoms with Gasteiger partial charge in [0, 0.05) is 5.56 Å². The number of methoxy groups -OCH3 is 2. The topological polar surface area (TPSA) is 115 Å². The highest BCUT2D eigenvalue weighted by molar-refractivity contribution is 5.96. The van der Waals surface area contributed by atoms with Crippen molar-refractivity contribution in [1.82, 2.24) is 10.7 Å². The lowest BCUT2D eigenvalue weighted by molar-refractivity contribution is -0.120. The van der Waals surface area contributed by atoms with E-state index in [1.807, 2.05) is 19.1 Å². The molecule has 3 rings (SSSR count). The van der Waals surface area contributed by atoms with Crippen LogP contribution in [0, 0.1) is 6.92 Å². The van der Waals surface area contributed by atoms with E-state index in [1.54, 1.807) is 54.6 Å². The number of carbonyl (C=O) groups is 3. The summed E-state index contributed by atoms with van der Waals surface area (Å²) < 4.78 is 15.8. The Kier molecular flexibility index (Phi) is 8.55. The second-order valence-corrected chi connectivity index (χ2v) is 7.37. The molecule has 0 heterocycles. The fraction of sp³-hybridized carbons (Fsp3) is 0.154. The third-order valence-corrected chi connectivity index (χ3v) is 4.84. The van der Waals surface area contributed by atoms with Crippen molar-refractivity contribution >= 4 is 24.0 Å². The normalized spacial score (nSPS) is 10.5. The summed E-state index contributed by atoms with van der Waals surface area (Å²) in [6.45, 7) is 1.68. The van der Waals surface area contributed by atoms with Crippen molar-refractivity contribution in [2.45, 2.75) is 6.92 Å². The Balaban J connectivity index is 1.52. The molecule has 9 nitrogen and oxygen atoms in total. The van der Waals surface area contributed by atoms with Crippen LogP contribution in [-0.2, 0) is 4.79 Å². The van der Waals surface area contributed by atoms with E-state index in [4.69, 9.17) is 14.2 Å². The predicted octanol–water partition coefficient (Wildman–Crippen LogP) is 3.11. The highest BCUT2D eigenvalue weighted by Gasteiger charge is 2.13. The zero-order valence-corrected chi connectivity index (χ0v) is 19.5. The Hall–Kier alpha value is -4.66. The molecular weight excluding hydrogens is 450 g/mol. The standard InChI is InChI=1S/C26H25N3O6/c1-17-4-7-20(8-5-17)26(32)35-22-13-6-18(14-23(22)34-3)15-28-29-24(30)16-27-25(31)19-9-11-21(33-2)12-10-19/h4-15H,16H2,1-3H3,(H,27,31)(H,29,30)/b28-15-. The summed E-state index contributed by atoms with van der Waals surface area (Å²) in [4.78, 5) is 36.5. The van der Waals surface area contributed by atoms with Gasteiger partial charge in [0.25, 0.3) is 11.8 Å². The molecule has 0 aromatic heterocycles. The number of amides is 2. The van der Waals surface area contributed by atoms with Crippen molar-refractivity contribution in [3.8, 4) is 17.2 Å².